The molecule has 1 aliphatic heterocycles. The summed E-state index contributed by atoms with van der Waals surface area (Å²) in [5.41, 5.74) is -0.514. The Balaban J connectivity index is 1.58. The molecule has 1 aliphatic rings. The largest absolute Gasteiger partial charge is 0.418 e. The van der Waals surface area contributed by atoms with Gasteiger partial charge in [-0.2, -0.15) is 23.4 Å². The first kappa shape index (κ1) is 27.2. The van der Waals surface area contributed by atoms with Gasteiger partial charge in [-0.15, -0.1) is 0 Å². The number of hydrogen-bond acceptors (Lipinski definition) is 7. The number of benzene rings is 2. The van der Waals surface area contributed by atoms with E-state index in [1.807, 2.05) is 0 Å². The Morgan fingerprint density at radius 2 is 1.74 bits per heavy atom. The first-order valence-electron chi connectivity index (χ1n) is 11.7. The lowest BCUT2D eigenvalue weighted by atomic mass is 9.92. The normalized spacial score (nSPS) is 23.8. The summed E-state index contributed by atoms with van der Waals surface area (Å²) in [5.74, 6) is -0.557. The van der Waals surface area contributed by atoms with Crippen molar-refractivity contribution < 1.29 is 37.6 Å². The van der Waals surface area contributed by atoms with Crippen LogP contribution in [-0.2, 0) is 10.9 Å². The molecule has 14 heteroatoms. The molecular weight excluding hydrogens is 546 g/mol. The molecular formula is C25H22ClF4N5O4. The highest BCUT2D eigenvalue weighted by Gasteiger charge is 2.48. The second kappa shape index (κ2) is 10.3. The summed E-state index contributed by atoms with van der Waals surface area (Å²) in [7, 11) is 0. The lowest BCUT2D eigenvalue weighted by Crippen LogP contribution is -2.53. The number of aromatic nitrogens is 5. The molecule has 1 saturated heterocycles. The zero-order valence-electron chi connectivity index (χ0n) is 20.2. The lowest BCUT2D eigenvalue weighted by molar-refractivity contribution is -0.210. The summed E-state index contributed by atoms with van der Waals surface area (Å²) in [6.07, 6.45) is -9.04. The molecule has 9 nitrogen and oxygen atoms in total. The Morgan fingerprint density at radius 3 is 2.41 bits per heavy atom. The maximum Gasteiger partial charge on any atom is 0.418 e. The van der Waals surface area contributed by atoms with E-state index in [2.05, 4.69) is 15.2 Å². The Morgan fingerprint density at radius 1 is 1.03 bits per heavy atom. The Hall–Kier alpha value is -3.36. The van der Waals surface area contributed by atoms with Crippen LogP contribution in [0.3, 0.4) is 0 Å². The Kier molecular flexibility index (Phi) is 7.20. The van der Waals surface area contributed by atoms with Gasteiger partial charge in [-0.3, -0.25) is 4.68 Å². The molecule has 2 aromatic heterocycles. The predicted octanol–water partition coefficient (Wildman–Crippen LogP) is 3.65. The van der Waals surface area contributed by atoms with Gasteiger partial charge in [-0.05, 0) is 55.5 Å². The minimum Gasteiger partial charge on any atom is -0.394 e. The molecule has 0 bridgehead atoms. The van der Waals surface area contributed by atoms with Crippen LogP contribution < -0.4 is 0 Å². The molecule has 1 fully saturated rings. The van der Waals surface area contributed by atoms with Crippen molar-refractivity contribution >= 4 is 11.6 Å². The molecule has 206 valence electrons. The van der Waals surface area contributed by atoms with Crippen LogP contribution in [-0.4, -0.2) is 64.8 Å². The van der Waals surface area contributed by atoms with Crippen LogP contribution in [0.15, 0.2) is 54.7 Å². The van der Waals surface area contributed by atoms with Crippen molar-refractivity contribution in [3.63, 3.8) is 0 Å². The predicted molar refractivity (Wildman–Crippen MR) is 129 cm³/mol. The van der Waals surface area contributed by atoms with E-state index in [-0.39, 0.29) is 16.7 Å². The molecule has 0 saturated carbocycles. The summed E-state index contributed by atoms with van der Waals surface area (Å²) < 4.78 is 62.8. The van der Waals surface area contributed by atoms with Crippen LogP contribution >= 0.6 is 11.6 Å². The smallest absolute Gasteiger partial charge is 0.394 e. The Bertz CT molecular complexity index is 1480. The van der Waals surface area contributed by atoms with Gasteiger partial charge in [0.2, 0.25) is 0 Å². The molecule has 39 heavy (non-hydrogen) atoms. The summed E-state index contributed by atoms with van der Waals surface area (Å²) in [4.78, 5) is 4.22. The third kappa shape index (κ3) is 5.15. The summed E-state index contributed by atoms with van der Waals surface area (Å²) in [6, 6.07) is 8.86. The summed E-state index contributed by atoms with van der Waals surface area (Å²) in [5, 5.41) is 40.8. The highest BCUT2D eigenvalue weighted by molar-refractivity contribution is 6.30. The first-order chi connectivity index (χ1) is 18.5. The average molecular weight is 568 g/mol. The van der Waals surface area contributed by atoms with Crippen LogP contribution in [0.2, 0.25) is 5.02 Å². The number of alkyl halides is 3. The fourth-order valence-corrected chi connectivity index (χ4v) is 4.79. The zero-order valence-corrected chi connectivity index (χ0v) is 20.9. The molecule has 0 spiro atoms. The van der Waals surface area contributed by atoms with Crippen LogP contribution in [0.4, 0.5) is 17.6 Å². The van der Waals surface area contributed by atoms with Crippen molar-refractivity contribution in [3.8, 4) is 16.9 Å². The first-order valence-corrected chi connectivity index (χ1v) is 12.1. The van der Waals surface area contributed by atoms with Gasteiger partial charge in [-0.25, -0.2) is 14.1 Å². The molecule has 0 radical (unpaired) electrons. The number of aliphatic hydroxyl groups excluding tert-OH is 3. The SMILES string of the molecule is Cc1nc([C@@H]2OC(CO)[C@H](O)[C@H](n3ccc(-c4ccc(F)cc4)n3)C2O)n(-c2cc(Cl)ccc2C(F)(F)F)n1. The molecule has 3 heterocycles. The third-order valence-corrected chi connectivity index (χ3v) is 6.67. The third-order valence-electron chi connectivity index (χ3n) is 6.43. The van der Waals surface area contributed by atoms with E-state index in [0.717, 1.165) is 22.9 Å². The molecule has 5 atom stereocenters. The van der Waals surface area contributed by atoms with Gasteiger partial charge in [0, 0.05) is 16.8 Å². The number of rotatable bonds is 5. The molecule has 0 amide bonds. The van der Waals surface area contributed by atoms with Gasteiger partial charge in [0.05, 0.1) is 23.6 Å². The van der Waals surface area contributed by atoms with Crippen molar-refractivity contribution in [2.45, 2.75) is 43.6 Å². The maximum absolute atomic E-state index is 13.9. The highest BCUT2D eigenvalue weighted by atomic mass is 35.5. The minimum absolute atomic E-state index is 0.00797. The number of nitrogens with zero attached hydrogens (tertiary/aromatic N) is 5. The van der Waals surface area contributed by atoms with Crippen LogP contribution in [0, 0.1) is 12.7 Å². The van der Waals surface area contributed by atoms with Crippen LogP contribution in [0.1, 0.15) is 29.4 Å². The molecule has 2 aromatic carbocycles. The quantitative estimate of drug-likeness (QED) is 0.315. The second-order valence-electron chi connectivity index (χ2n) is 9.03. The van der Waals surface area contributed by atoms with Crippen LogP contribution in [0.5, 0.6) is 0 Å². The standard InChI is InChI=1S/C25H22ClF4N5O4/c1-12-31-24(35(32-12)18-10-14(26)4-7-16(18)25(28,29)30)23-22(38)20(21(37)19(11-36)39-23)34-9-8-17(33-34)13-2-5-15(27)6-3-13/h2-10,19-23,36-38H,11H2,1H3/t19?,20-,21-,22?,23+/m0/s1. The van der Waals surface area contributed by atoms with E-state index in [1.54, 1.807) is 6.07 Å². The summed E-state index contributed by atoms with van der Waals surface area (Å²) in [6.45, 7) is 0.774. The van der Waals surface area contributed by atoms with E-state index >= 15 is 0 Å². The topological polar surface area (TPSA) is 118 Å². The number of aliphatic hydroxyl groups is 3. The Labute approximate surface area is 223 Å². The minimum atomic E-state index is -4.76. The molecule has 3 N–H and O–H groups in total. The van der Waals surface area contributed by atoms with Gasteiger partial charge in [-0.1, -0.05) is 11.6 Å². The van der Waals surface area contributed by atoms with Gasteiger partial charge >= 0.3 is 6.18 Å². The highest BCUT2D eigenvalue weighted by Crippen LogP contribution is 2.41. The fourth-order valence-electron chi connectivity index (χ4n) is 4.62. The fraction of sp³-hybridized carbons (Fsp3) is 0.320. The molecule has 5 rings (SSSR count). The van der Waals surface area contributed by atoms with Crippen molar-refractivity contribution in [1.82, 2.24) is 24.5 Å². The number of halogens is 5. The van der Waals surface area contributed by atoms with Crippen molar-refractivity contribution in [1.29, 1.82) is 0 Å². The number of aryl methyl sites for hydroxylation is 1. The monoisotopic (exact) mass is 567 g/mol. The van der Waals surface area contributed by atoms with Gasteiger partial charge in [0.15, 0.2) is 5.82 Å². The van der Waals surface area contributed by atoms with E-state index in [4.69, 9.17) is 16.3 Å². The van der Waals surface area contributed by atoms with Crippen molar-refractivity contribution in [3.05, 3.63) is 82.8 Å². The van der Waals surface area contributed by atoms with E-state index in [9.17, 15) is 32.9 Å². The maximum atomic E-state index is 13.9. The average Bonchev–Trinajstić information content (AvgIpc) is 3.51. The van der Waals surface area contributed by atoms with Gasteiger partial charge < -0.3 is 20.1 Å². The number of hydrogen-bond donors (Lipinski definition) is 3. The second-order valence-corrected chi connectivity index (χ2v) is 9.46. The van der Waals surface area contributed by atoms with Crippen molar-refractivity contribution in [2.24, 2.45) is 0 Å². The van der Waals surface area contributed by atoms with E-state index < -0.39 is 60.3 Å². The molecule has 2 unspecified atom stereocenters. The molecule has 0 aliphatic carbocycles. The molecule has 4 aromatic rings. The lowest BCUT2D eigenvalue weighted by Gasteiger charge is -2.42. The van der Waals surface area contributed by atoms with E-state index in [1.165, 1.54) is 42.1 Å². The zero-order chi connectivity index (χ0) is 28.1. The number of ether oxygens (including phenoxy) is 1. The van der Waals surface area contributed by atoms with E-state index in [0.29, 0.717) is 11.3 Å². The van der Waals surface area contributed by atoms with Crippen molar-refractivity contribution in [2.75, 3.05) is 6.61 Å². The van der Waals surface area contributed by atoms with Crippen LogP contribution in [0.25, 0.3) is 16.9 Å². The summed E-state index contributed by atoms with van der Waals surface area (Å²) >= 11 is 6.01. The van der Waals surface area contributed by atoms with Gasteiger partial charge in [0.25, 0.3) is 0 Å². The van der Waals surface area contributed by atoms with Gasteiger partial charge in [0.1, 0.15) is 42.1 Å².